The second-order valence-electron chi connectivity index (χ2n) is 6.68. The summed E-state index contributed by atoms with van der Waals surface area (Å²) < 4.78 is 19.5. The summed E-state index contributed by atoms with van der Waals surface area (Å²) in [5, 5.41) is 3.67. The highest BCUT2D eigenvalue weighted by Gasteiger charge is 2.29. The molecule has 2 aromatic heterocycles. The molecule has 1 saturated carbocycles. The molecule has 0 spiro atoms. The molecule has 2 N–H and O–H groups in total. The number of halogens is 1. The van der Waals surface area contributed by atoms with E-state index in [-0.39, 0.29) is 22.4 Å². The lowest BCUT2D eigenvalue weighted by atomic mass is 9.97. The lowest BCUT2D eigenvalue weighted by molar-refractivity contribution is 0.622. The highest BCUT2D eigenvalue weighted by atomic mass is 32.1. The number of aromatic nitrogens is 2. The van der Waals surface area contributed by atoms with Gasteiger partial charge in [-0.05, 0) is 55.0 Å². The van der Waals surface area contributed by atoms with Gasteiger partial charge in [0.05, 0.1) is 5.52 Å². The Hall–Kier alpha value is -2.25. The predicted octanol–water partition coefficient (Wildman–Crippen LogP) is 4.81. The summed E-state index contributed by atoms with van der Waals surface area (Å²) in [6.07, 6.45) is 4.79. The van der Waals surface area contributed by atoms with Crippen LogP contribution in [0, 0.1) is 5.82 Å². The molecule has 1 aliphatic carbocycles. The molecule has 7 heteroatoms. The van der Waals surface area contributed by atoms with Crippen LogP contribution in [-0.2, 0) is 0 Å². The van der Waals surface area contributed by atoms with E-state index in [4.69, 9.17) is 0 Å². The van der Waals surface area contributed by atoms with Crippen molar-refractivity contribution in [1.82, 2.24) is 14.3 Å². The van der Waals surface area contributed by atoms with E-state index in [1.807, 2.05) is 33.8 Å². The zero-order valence-corrected chi connectivity index (χ0v) is 18.2. The van der Waals surface area contributed by atoms with Gasteiger partial charge in [0.1, 0.15) is 16.0 Å². The third-order valence-electron chi connectivity index (χ3n) is 5.04. The van der Waals surface area contributed by atoms with E-state index >= 15 is 0 Å². The molecule has 3 aromatic rings. The van der Waals surface area contributed by atoms with Crippen molar-refractivity contribution in [2.75, 3.05) is 13.1 Å². The Morgan fingerprint density at radius 3 is 2.48 bits per heavy atom. The molecule has 0 atom stereocenters. The van der Waals surface area contributed by atoms with Crippen molar-refractivity contribution in [2.45, 2.75) is 53.0 Å². The number of rotatable bonds is 2. The number of benzene rings is 1. The van der Waals surface area contributed by atoms with Crippen LogP contribution in [0.1, 0.15) is 58.6 Å². The van der Waals surface area contributed by atoms with Crippen molar-refractivity contribution in [3.63, 3.8) is 0 Å². The molecule has 5 rings (SSSR count). The Bertz CT molecular complexity index is 1170. The van der Waals surface area contributed by atoms with E-state index in [0.29, 0.717) is 15.8 Å². The minimum absolute atomic E-state index is 0.151. The van der Waals surface area contributed by atoms with Crippen LogP contribution >= 0.6 is 11.5 Å². The molecule has 29 heavy (non-hydrogen) atoms. The van der Waals surface area contributed by atoms with Gasteiger partial charge in [0.25, 0.3) is 5.56 Å². The number of H-pyrrole nitrogens is 1. The molecule has 1 aliphatic heterocycles. The Labute approximate surface area is 173 Å². The molecule has 156 valence electrons. The van der Waals surface area contributed by atoms with Gasteiger partial charge in [-0.25, -0.2) is 4.39 Å². The highest BCUT2D eigenvalue weighted by molar-refractivity contribution is 7.12. The van der Waals surface area contributed by atoms with Gasteiger partial charge in [0, 0.05) is 23.5 Å². The molecule has 0 unspecified atom stereocenters. The fourth-order valence-electron chi connectivity index (χ4n) is 3.66. The van der Waals surface area contributed by atoms with Crippen LogP contribution in [0.2, 0.25) is 0 Å². The number of aromatic amines is 1. The minimum Gasteiger partial charge on any atom is -0.328 e. The normalized spacial score (nSPS) is 16.0. The lowest BCUT2D eigenvalue weighted by Crippen LogP contribution is -2.20. The van der Waals surface area contributed by atoms with Crippen molar-refractivity contribution in [3.05, 3.63) is 50.2 Å². The summed E-state index contributed by atoms with van der Waals surface area (Å²) in [5.74, 6) is -0.397. The molecule has 1 aromatic carbocycles. The maximum Gasteiger partial charge on any atom is 0.271 e. The number of fused-ring (bicyclic) bond motifs is 2. The minimum atomic E-state index is -0.397. The van der Waals surface area contributed by atoms with Crippen molar-refractivity contribution in [2.24, 2.45) is 0 Å². The van der Waals surface area contributed by atoms with E-state index in [1.54, 1.807) is 6.07 Å². The second-order valence-corrected chi connectivity index (χ2v) is 7.47. The molecule has 0 radical (unpaired) electrons. The van der Waals surface area contributed by atoms with Crippen molar-refractivity contribution in [1.29, 1.82) is 0 Å². The summed E-state index contributed by atoms with van der Waals surface area (Å²) in [6, 6.07) is 3.38. The van der Waals surface area contributed by atoms with Crippen LogP contribution in [0.3, 0.4) is 0 Å². The van der Waals surface area contributed by atoms with E-state index in [0.717, 1.165) is 43.4 Å². The monoisotopic (exact) mass is 417 g/mol. The van der Waals surface area contributed by atoms with Crippen LogP contribution < -0.4 is 16.3 Å². The largest absolute Gasteiger partial charge is 0.328 e. The number of hydrogen-bond acceptors (Lipinski definition) is 4. The predicted molar refractivity (Wildman–Crippen MR) is 121 cm³/mol. The van der Waals surface area contributed by atoms with Gasteiger partial charge in [-0.15, -0.1) is 0 Å². The topological polar surface area (TPSA) is 66.9 Å². The standard InChI is InChI=1S/C18H16FN3O2S.2C2H6/c19-13-7-12-14(8-11(13)9-3-5-20-6-4-9)22(10-1-2-10)18-15(16(12)23)17(24)21-25-18;2*1-2/h3,7-8,10,20H,1-2,4-6H2,(H,21,24);2*1-2H3. The van der Waals surface area contributed by atoms with E-state index in [9.17, 15) is 14.0 Å². The Kier molecular flexibility index (Phi) is 6.70. The zero-order valence-electron chi connectivity index (χ0n) is 17.4. The molecule has 0 bridgehead atoms. The smallest absolute Gasteiger partial charge is 0.271 e. The van der Waals surface area contributed by atoms with Gasteiger partial charge in [-0.3, -0.25) is 14.0 Å². The molecule has 1 fully saturated rings. The van der Waals surface area contributed by atoms with Gasteiger partial charge in [0.2, 0.25) is 5.43 Å². The van der Waals surface area contributed by atoms with Gasteiger partial charge in [-0.2, -0.15) is 0 Å². The summed E-state index contributed by atoms with van der Waals surface area (Å²) >= 11 is 1.19. The fourth-order valence-corrected chi connectivity index (χ4v) is 4.58. The lowest BCUT2D eigenvalue weighted by Gasteiger charge is -2.17. The maximum absolute atomic E-state index is 14.8. The third kappa shape index (κ3) is 3.81. The van der Waals surface area contributed by atoms with Gasteiger partial charge >= 0.3 is 0 Å². The van der Waals surface area contributed by atoms with Crippen LogP contribution in [0.4, 0.5) is 4.39 Å². The number of hydrogen-bond donors (Lipinski definition) is 2. The molecular weight excluding hydrogens is 389 g/mol. The summed E-state index contributed by atoms with van der Waals surface area (Å²) in [7, 11) is 0. The zero-order chi connectivity index (χ0) is 21.1. The van der Waals surface area contributed by atoms with Crippen LogP contribution in [0.15, 0.2) is 27.8 Å². The first-order chi connectivity index (χ1) is 14.1. The third-order valence-corrected chi connectivity index (χ3v) is 5.92. The van der Waals surface area contributed by atoms with E-state index in [1.165, 1.54) is 17.6 Å². The molecule has 0 saturated heterocycles. The first-order valence-electron chi connectivity index (χ1n) is 10.4. The van der Waals surface area contributed by atoms with Gasteiger partial charge in [0.15, 0.2) is 0 Å². The number of pyridine rings is 1. The van der Waals surface area contributed by atoms with Gasteiger partial charge < -0.3 is 9.88 Å². The van der Waals surface area contributed by atoms with E-state index < -0.39 is 5.82 Å². The average molecular weight is 418 g/mol. The van der Waals surface area contributed by atoms with E-state index in [2.05, 4.69) is 14.3 Å². The van der Waals surface area contributed by atoms with Crippen molar-refractivity contribution in [3.8, 4) is 0 Å². The quantitative estimate of drug-likeness (QED) is 0.629. The average Bonchev–Trinajstić information content (AvgIpc) is 3.53. The number of nitrogens with zero attached hydrogens (tertiary/aromatic N) is 1. The van der Waals surface area contributed by atoms with Crippen LogP contribution in [0.5, 0.6) is 0 Å². The fraction of sp³-hybridized carbons (Fsp3) is 0.455. The maximum atomic E-state index is 14.8. The highest BCUT2D eigenvalue weighted by Crippen LogP contribution is 2.40. The number of nitrogens with one attached hydrogen (secondary N) is 2. The molecular formula is C22H28FN3O2S. The van der Waals surface area contributed by atoms with Gasteiger partial charge in [-0.1, -0.05) is 33.8 Å². The van der Waals surface area contributed by atoms with Crippen LogP contribution in [0.25, 0.3) is 26.7 Å². The first-order valence-corrected chi connectivity index (χ1v) is 11.3. The summed E-state index contributed by atoms with van der Waals surface area (Å²) in [5.41, 5.74) is 1.49. The second kappa shape index (κ2) is 9.05. The SMILES string of the molecule is CC.CC.O=c1[nH]sc2c1c(=O)c1cc(F)c(C3=CCNCC3)cc1n2C1CC1. The summed E-state index contributed by atoms with van der Waals surface area (Å²) in [6.45, 7) is 9.54. The molecule has 5 nitrogen and oxygen atoms in total. The van der Waals surface area contributed by atoms with Crippen molar-refractivity contribution >= 4 is 38.2 Å². The van der Waals surface area contributed by atoms with Crippen molar-refractivity contribution < 1.29 is 4.39 Å². The first kappa shape index (κ1) is 21.5. The Balaban J connectivity index is 0.000000568. The molecule has 3 heterocycles. The molecule has 2 aliphatic rings. The Morgan fingerprint density at radius 1 is 1.14 bits per heavy atom. The Morgan fingerprint density at radius 2 is 1.86 bits per heavy atom. The van der Waals surface area contributed by atoms with Crippen LogP contribution in [-0.4, -0.2) is 22.0 Å². The molecule has 0 amide bonds. The summed E-state index contributed by atoms with van der Waals surface area (Å²) in [4.78, 5) is 25.5.